The molecule has 0 saturated carbocycles. The second-order valence-electron chi connectivity index (χ2n) is 8.52. The molecule has 2 aromatic carbocycles. The number of esters is 1. The summed E-state index contributed by atoms with van der Waals surface area (Å²) in [5.41, 5.74) is 1.46. The summed E-state index contributed by atoms with van der Waals surface area (Å²) < 4.78 is 11.2. The van der Waals surface area contributed by atoms with Gasteiger partial charge in [-0.15, -0.1) is 6.58 Å². The number of nitrogens with zero attached hydrogens (tertiary/aromatic N) is 2. The van der Waals surface area contributed by atoms with Gasteiger partial charge in [0.2, 0.25) is 0 Å². The smallest absolute Gasteiger partial charge is 0.311 e. The molecule has 0 fully saturated rings. The third-order valence-corrected chi connectivity index (χ3v) is 5.49. The van der Waals surface area contributed by atoms with Crippen LogP contribution in [0.25, 0.3) is 0 Å². The number of allylic oxidation sites excluding steroid dienone is 1. The van der Waals surface area contributed by atoms with Gasteiger partial charge < -0.3 is 9.47 Å². The molecule has 5 nitrogen and oxygen atoms in total. The van der Waals surface area contributed by atoms with E-state index in [-0.39, 0.29) is 5.97 Å². The maximum absolute atomic E-state index is 12.0. The largest absolute Gasteiger partial charge is 0.494 e. The summed E-state index contributed by atoms with van der Waals surface area (Å²) in [7, 11) is 0. The number of hydrogen-bond acceptors (Lipinski definition) is 5. The number of unbranched alkanes of at least 4 members (excludes halogenated alkanes) is 9. The summed E-state index contributed by atoms with van der Waals surface area (Å²) in [6, 6.07) is 14.7. The van der Waals surface area contributed by atoms with Gasteiger partial charge in [0.1, 0.15) is 11.5 Å². The van der Waals surface area contributed by atoms with Gasteiger partial charge in [0.05, 0.1) is 18.0 Å². The molecule has 0 radical (unpaired) electrons. The average molecular weight is 465 g/mol. The topological polar surface area (TPSA) is 60.2 Å². The quantitative estimate of drug-likeness (QED) is 0.0726. The molecule has 0 N–H and O–H groups in total. The second-order valence-corrected chi connectivity index (χ2v) is 8.52. The fourth-order valence-corrected chi connectivity index (χ4v) is 3.47. The average Bonchev–Trinajstić information content (AvgIpc) is 2.86. The zero-order valence-corrected chi connectivity index (χ0v) is 20.7. The first-order valence-corrected chi connectivity index (χ1v) is 12.8. The maximum atomic E-state index is 12.0. The molecule has 0 saturated heterocycles. The van der Waals surface area contributed by atoms with E-state index in [0.717, 1.165) is 43.7 Å². The number of rotatable bonds is 18. The normalized spacial score (nSPS) is 11.0. The van der Waals surface area contributed by atoms with Crippen molar-refractivity contribution in [2.45, 2.75) is 84.0 Å². The summed E-state index contributed by atoms with van der Waals surface area (Å²) in [6.45, 7) is 6.69. The van der Waals surface area contributed by atoms with Crippen LogP contribution in [0.15, 0.2) is 71.4 Å². The van der Waals surface area contributed by atoms with E-state index in [2.05, 4.69) is 23.7 Å². The lowest BCUT2D eigenvalue weighted by atomic mass is 10.1. The molecule has 0 aliphatic carbocycles. The van der Waals surface area contributed by atoms with Crippen LogP contribution in [-0.4, -0.2) is 12.6 Å². The molecule has 5 heteroatoms. The SMILES string of the molecule is C=CCCCCCCCCC(=O)Oc1ccc(N=Nc2ccc(OCCCCCC)cc2)cc1. The molecule has 0 bridgehead atoms. The van der Waals surface area contributed by atoms with Crippen LogP contribution in [0.1, 0.15) is 84.0 Å². The number of carbonyl (C=O) groups is 1. The Kier molecular flexibility index (Phi) is 14.1. The van der Waals surface area contributed by atoms with Crippen molar-refractivity contribution in [2.75, 3.05) is 6.61 Å². The van der Waals surface area contributed by atoms with Crippen molar-refractivity contribution in [2.24, 2.45) is 10.2 Å². The Morgan fingerprint density at radius 3 is 1.94 bits per heavy atom. The van der Waals surface area contributed by atoms with Gasteiger partial charge in [0.25, 0.3) is 0 Å². The van der Waals surface area contributed by atoms with Crippen molar-refractivity contribution in [3.8, 4) is 11.5 Å². The minimum absolute atomic E-state index is 0.186. The van der Waals surface area contributed by atoms with Crippen molar-refractivity contribution < 1.29 is 14.3 Å². The first kappa shape index (κ1) is 27.3. The highest BCUT2D eigenvalue weighted by Gasteiger charge is 2.05. The van der Waals surface area contributed by atoms with Crippen LogP contribution in [0, 0.1) is 0 Å². The van der Waals surface area contributed by atoms with Gasteiger partial charge in [-0.2, -0.15) is 10.2 Å². The molecule has 0 aromatic heterocycles. The van der Waals surface area contributed by atoms with E-state index in [0.29, 0.717) is 17.9 Å². The lowest BCUT2D eigenvalue weighted by Crippen LogP contribution is -2.07. The van der Waals surface area contributed by atoms with Gasteiger partial charge in [-0.3, -0.25) is 4.79 Å². The molecule has 2 aromatic rings. The molecule has 0 spiro atoms. The van der Waals surface area contributed by atoms with Crippen molar-refractivity contribution in [3.05, 3.63) is 61.2 Å². The Balaban J connectivity index is 1.66. The molecule has 0 amide bonds. The van der Waals surface area contributed by atoms with Crippen molar-refractivity contribution >= 4 is 17.3 Å². The monoisotopic (exact) mass is 464 g/mol. The molecular formula is C29H40N2O3. The fraction of sp³-hybridized carbons (Fsp3) is 0.483. The van der Waals surface area contributed by atoms with Crippen LogP contribution >= 0.6 is 0 Å². The molecule has 0 aliphatic rings. The summed E-state index contributed by atoms with van der Waals surface area (Å²) in [5.74, 6) is 1.20. The highest BCUT2D eigenvalue weighted by atomic mass is 16.5. The Labute approximate surface area is 205 Å². The summed E-state index contributed by atoms with van der Waals surface area (Å²) in [5, 5.41) is 8.52. The number of azo groups is 1. The fourth-order valence-electron chi connectivity index (χ4n) is 3.47. The van der Waals surface area contributed by atoms with Crippen LogP contribution in [0.2, 0.25) is 0 Å². The Bertz CT molecular complexity index is 845. The number of carbonyl (C=O) groups excluding carboxylic acids is 1. The summed E-state index contributed by atoms with van der Waals surface area (Å²) in [4.78, 5) is 12.0. The van der Waals surface area contributed by atoms with E-state index in [1.54, 1.807) is 24.3 Å². The van der Waals surface area contributed by atoms with Crippen molar-refractivity contribution in [3.63, 3.8) is 0 Å². The third kappa shape index (κ3) is 12.3. The number of ether oxygens (including phenoxy) is 2. The molecular weight excluding hydrogens is 424 g/mol. The van der Waals surface area contributed by atoms with E-state index in [9.17, 15) is 4.79 Å². The lowest BCUT2D eigenvalue weighted by molar-refractivity contribution is -0.134. The lowest BCUT2D eigenvalue weighted by Gasteiger charge is -2.06. The molecule has 0 atom stereocenters. The van der Waals surface area contributed by atoms with Gasteiger partial charge in [-0.05, 0) is 74.2 Å². The predicted octanol–water partition coefficient (Wildman–Crippen LogP) is 9.27. The Morgan fingerprint density at radius 1 is 0.765 bits per heavy atom. The number of hydrogen-bond donors (Lipinski definition) is 0. The van der Waals surface area contributed by atoms with E-state index in [1.165, 1.54) is 44.9 Å². The summed E-state index contributed by atoms with van der Waals surface area (Å²) in [6.07, 6.45) is 15.0. The van der Waals surface area contributed by atoms with Crippen LogP contribution in [0.3, 0.4) is 0 Å². The molecule has 34 heavy (non-hydrogen) atoms. The Hall–Kier alpha value is -2.95. The zero-order valence-electron chi connectivity index (χ0n) is 20.7. The molecule has 2 rings (SSSR count). The first-order chi connectivity index (χ1) is 16.7. The minimum atomic E-state index is -0.186. The van der Waals surface area contributed by atoms with Gasteiger partial charge in [-0.1, -0.05) is 57.9 Å². The Morgan fingerprint density at radius 2 is 1.32 bits per heavy atom. The van der Waals surface area contributed by atoms with Gasteiger partial charge >= 0.3 is 5.97 Å². The number of benzene rings is 2. The molecule has 184 valence electrons. The first-order valence-electron chi connectivity index (χ1n) is 12.8. The van der Waals surface area contributed by atoms with E-state index in [1.807, 2.05) is 30.3 Å². The van der Waals surface area contributed by atoms with Crippen LogP contribution in [0.4, 0.5) is 11.4 Å². The van der Waals surface area contributed by atoms with Gasteiger partial charge in [-0.25, -0.2) is 0 Å². The maximum Gasteiger partial charge on any atom is 0.311 e. The molecule has 0 unspecified atom stereocenters. The standard InChI is InChI=1S/C29H40N2O3/c1-3-5-7-9-10-11-12-13-15-29(32)34-28-22-18-26(19-23-28)31-30-25-16-20-27(21-17-25)33-24-14-8-6-4-2/h3,16-23H,1,4-15,24H2,2H3. The van der Waals surface area contributed by atoms with E-state index < -0.39 is 0 Å². The highest BCUT2D eigenvalue weighted by Crippen LogP contribution is 2.23. The van der Waals surface area contributed by atoms with Crippen molar-refractivity contribution in [1.82, 2.24) is 0 Å². The van der Waals surface area contributed by atoms with Crippen LogP contribution in [0.5, 0.6) is 11.5 Å². The van der Waals surface area contributed by atoms with Gasteiger partial charge in [0.15, 0.2) is 0 Å². The van der Waals surface area contributed by atoms with Crippen LogP contribution in [-0.2, 0) is 4.79 Å². The minimum Gasteiger partial charge on any atom is -0.494 e. The zero-order chi connectivity index (χ0) is 24.3. The second kappa shape index (κ2) is 17.5. The van der Waals surface area contributed by atoms with Crippen LogP contribution < -0.4 is 9.47 Å². The summed E-state index contributed by atoms with van der Waals surface area (Å²) >= 11 is 0. The molecule has 0 heterocycles. The van der Waals surface area contributed by atoms with Crippen molar-refractivity contribution in [1.29, 1.82) is 0 Å². The van der Waals surface area contributed by atoms with E-state index >= 15 is 0 Å². The predicted molar refractivity (Wildman–Crippen MR) is 139 cm³/mol. The third-order valence-electron chi connectivity index (χ3n) is 5.49. The highest BCUT2D eigenvalue weighted by molar-refractivity contribution is 5.72. The van der Waals surface area contributed by atoms with Gasteiger partial charge in [0, 0.05) is 6.42 Å². The molecule has 0 aliphatic heterocycles. The van der Waals surface area contributed by atoms with E-state index in [4.69, 9.17) is 9.47 Å².